The maximum atomic E-state index is 12.6. The van der Waals surface area contributed by atoms with Crippen LogP contribution < -0.4 is 5.56 Å². The van der Waals surface area contributed by atoms with Gasteiger partial charge in [0.25, 0.3) is 5.56 Å². The second-order valence-corrected chi connectivity index (χ2v) is 7.64. The number of aromatic amines is 1. The molecule has 1 N–H and O–H groups in total. The first-order valence-electron chi connectivity index (χ1n) is 9.64. The van der Waals surface area contributed by atoms with Crippen LogP contribution in [0.1, 0.15) is 55.5 Å². The van der Waals surface area contributed by atoms with E-state index in [2.05, 4.69) is 33.2 Å². The summed E-state index contributed by atoms with van der Waals surface area (Å²) in [7, 11) is 0. The van der Waals surface area contributed by atoms with Gasteiger partial charge in [-0.25, -0.2) is 9.50 Å². The number of fused-ring (bicyclic) bond motifs is 1. The zero-order valence-corrected chi connectivity index (χ0v) is 15.3. The molecule has 1 aliphatic heterocycles. The molecule has 5 nitrogen and oxygen atoms in total. The fraction of sp³-hybridized carbons (Fsp3) is 0.600. The Balaban J connectivity index is 1.51. The molecular weight excluding hydrogens is 312 g/mol. The van der Waals surface area contributed by atoms with E-state index in [-0.39, 0.29) is 5.56 Å². The summed E-state index contributed by atoms with van der Waals surface area (Å²) in [4.78, 5) is 19.8. The third-order valence-electron chi connectivity index (χ3n) is 5.89. The Kier molecular flexibility index (Phi) is 4.50. The minimum Gasteiger partial charge on any atom is -0.302 e. The van der Waals surface area contributed by atoms with E-state index in [1.165, 1.54) is 25.8 Å². The van der Waals surface area contributed by atoms with Gasteiger partial charge in [-0.1, -0.05) is 19.1 Å². The number of rotatable bonds is 4. The van der Waals surface area contributed by atoms with Crippen LogP contribution in [0.3, 0.4) is 0 Å². The van der Waals surface area contributed by atoms with Gasteiger partial charge in [-0.15, -0.1) is 0 Å². The fourth-order valence-electron chi connectivity index (χ4n) is 4.44. The Morgan fingerprint density at radius 2 is 2.20 bits per heavy atom. The summed E-state index contributed by atoms with van der Waals surface area (Å²) in [5, 5.41) is 3.34. The molecule has 0 amide bonds. The van der Waals surface area contributed by atoms with Crippen molar-refractivity contribution in [2.24, 2.45) is 5.92 Å². The van der Waals surface area contributed by atoms with Crippen molar-refractivity contribution in [3.8, 4) is 0 Å². The standard InChI is InChI=1S/C20H28N4O/c1-3-17-14(2)21-19-11-18(22-24(19)20(17)25)16-9-10-23(13-16)12-15-7-5-4-6-8-15/h4-5,11,15-16,22H,3,6-10,12-13H2,1-2H3/t15-,16+/m0/s1. The van der Waals surface area contributed by atoms with Crippen LogP contribution in [0.25, 0.3) is 5.65 Å². The van der Waals surface area contributed by atoms with Crippen molar-refractivity contribution in [3.05, 3.63) is 45.5 Å². The zero-order valence-electron chi connectivity index (χ0n) is 15.3. The van der Waals surface area contributed by atoms with Crippen molar-refractivity contribution in [2.45, 2.75) is 51.9 Å². The number of hydrogen-bond donors (Lipinski definition) is 1. The number of aromatic nitrogens is 3. The molecule has 2 aliphatic rings. The average Bonchev–Trinajstić information content (AvgIpc) is 3.23. The smallest absolute Gasteiger partial charge is 0.276 e. The monoisotopic (exact) mass is 340 g/mol. The Morgan fingerprint density at radius 1 is 1.32 bits per heavy atom. The predicted octanol–water partition coefficient (Wildman–Crippen LogP) is 3.04. The van der Waals surface area contributed by atoms with Crippen LogP contribution in [-0.4, -0.2) is 39.1 Å². The summed E-state index contributed by atoms with van der Waals surface area (Å²) >= 11 is 0. The molecule has 0 aromatic carbocycles. The minimum absolute atomic E-state index is 0.0556. The number of allylic oxidation sites excluding steroid dienone is 2. The Bertz CT molecular complexity index is 847. The van der Waals surface area contributed by atoms with E-state index in [9.17, 15) is 4.79 Å². The number of nitrogens with zero attached hydrogens (tertiary/aromatic N) is 3. The number of likely N-dealkylation sites (tertiary alicyclic amines) is 1. The van der Waals surface area contributed by atoms with Crippen LogP contribution in [0, 0.1) is 12.8 Å². The average molecular weight is 340 g/mol. The zero-order chi connectivity index (χ0) is 17.4. The lowest BCUT2D eigenvalue weighted by Crippen LogP contribution is -2.28. The third kappa shape index (κ3) is 3.17. The molecule has 2 atom stereocenters. The molecule has 0 radical (unpaired) electrons. The van der Waals surface area contributed by atoms with Crippen LogP contribution in [-0.2, 0) is 6.42 Å². The van der Waals surface area contributed by atoms with E-state index in [4.69, 9.17) is 0 Å². The lowest BCUT2D eigenvalue weighted by molar-refractivity contribution is 0.263. The molecule has 1 saturated heterocycles. The lowest BCUT2D eigenvalue weighted by Gasteiger charge is -2.24. The Morgan fingerprint density at radius 3 is 2.96 bits per heavy atom. The van der Waals surface area contributed by atoms with Crippen molar-refractivity contribution >= 4 is 5.65 Å². The highest BCUT2D eigenvalue weighted by Gasteiger charge is 2.27. The van der Waals surface area contributed by atoms with E-state index < -0.39 is 0 Å². The highest BCUT2D eigenvalue weighted by Crippen LogP contribution is 2.29. The van der Waals surface area contributed by atoms with Crippen LogP contribution >= 0.6 is 0 Å². The first-order chi connectivity index (χ1) is 12.2. The van der Waals surface area contributed by atoms with Gasteiger partial charge in [-0.3, -0.25) is 9.89 Å². The molecule has 0 bridgehead atoms. The van der Waals surface area contributed by atoms with Gasteiger partial charge < -0.3 is 4.90 Å². The van der Waals surface area contributed by atoms with Gasteiger partial charge in [0.1, 0.15) is 0 Å². The van der Waals surface area contributed by atoms with E-state index in [0.717, 1.165) is 54.4 Å². The van der Waals surface area contributed by atoms with Gasteiger partial charge in [0, 0.05) is 42.0 Å². The number of aryl methyl sites for hydroxylation is 1. The van der Waals surface area contributed by atoms with Crippen LogP contribution in [0.15, 0.2) is 23.0 Å². The van der Waals surface area contributed by atoms with Gasteiger partial charge in [0.2, 0.25) is 0 Å². The molecule has 4 rings (SSSR count). The summed E-state index contributed by atoms with van der Waals surface area (Å²) in [5.41, 5.74) is 3.63. The van der Waals surface area contributed by atoms with Crippen LogP contribution in [0.4, 0.5) is 0 Å². The van der Waals surface area contributed by atoms with Crippen LogP contribution in [0.2, 0.25) is 0 Å². The largest absolute Gasteiger partial charge is 0.302 e. The van der Waals surface area contributed by atoms with Crippen molar-refractivity contribution in [1.82, 2.24) is 19.5 Å². The Labute approximate surface area is 148 Å². The molecule has 25 heavy (non-hydrogen) atoms. The first kappa shape index (κ1) is 16.6. The van der Waals surface area contributed by atoms with Gasteiger partial charge in [-0.05, 0) is 51.5 Å². The fourth-order valence-corrected chi connectivity index (χ4v) is 4.44. The van der Waals surface area contributed by atoms with E-state index in [1.54, 1.807) is 4.52 Å². The molecule has 1 aliphatic carbocycles. The quantitative estimate of drug-likeness (QED) is 0.871. The summed E-state index contributed by atoms with van der Waals surface area (Å²) in [6.07, 6.45) is 10.3. The molecule has 0 spiro atoms. The van der Waals surface area contributed by atoms with Crippen molar-refractivity contribution in [3.63, 3.8) is 0 Å². The van der Waals surface area contributed by atoms with Crippen molar-refractivity contribution in [1.29, 1.82) is 0 Å². The van der Waals surface area contributed by atoms with Gasteiger partial charge in [-0.2, -0.15) is 0 Å². The topological polar surface area (TPSA) is 53.4 Å². The third-order valence-corrected chi connectivity index (χ3v) is 5.89. The van der Waals surface area contributed by atoms with E-state index >= 15 is 0 Å². The van der Waals surface area contributed by atoms with Crippen molar-refractivity contribution < 1.29 is 0 Å². The number of nitrogens with one attached hydrogen (secondary N) is 1. The molecule has 2 aromatic rings. The summed E-state index contributed by atoms with van der Waals surface area (Å²) in [6, 6.07) is 2.07. The second kappa shape index (κ2) is 6.79. The van der Waals surface area contributed by atoms with Gasteiger partial charge >= 0.3 is 0 Å². The van der Waals surface area contributed by atoms with Gasteiger partial charge in [0.05, 0.1) is 0 Å². The lowest BCUT2D eigenvalue weighted by atomic mass is 9.94. The highest BCUT2D eigenvalue weighted by molar-refractivity contribution is 5.42. The number of hydrogen-bond acceptors (Lipinski definition) is 3. The maximum Gasteiger partial charge on any atom is 0.276 e. The predicted molar refractivity (Wildman–Crippen MR) is 100 cm³/mol. The maximum absolute atomic E-state index is 12.6. The second-order valence-electron chi connectivity index (χ2n) is 7.64. The SMILES string of the molecule is CCc1c(C)nc2cc([C@@H]3CCN(C[C@H]4CC=CCC4)C3)[nH]n2c1=O. The minimum atomic E-state index is 0.0556. The molecule has 134 valence electrons. The van der Waals surface area contributed by atoms with E-state index in [1.807, 2.05) is 13.8 Å². The molecule has 2 aromatic heterocycles. The molecular formula is C20H28N4O. The van der Waals surface area contributed by atoms with Crippen molar-refractivity contribution in [2.75, 3.05) is 19.6 Å². The van der Waals surface area contributed by atoms with E-state index in [0.29, 0.717) is 5.92 Å². The molecule has 3 heterocycles. The number of H-pyrrole nitrogens is 1. The van der Waals surface area contributed by atoms with Crippen LogP contribution in [0.5, 0.6) is 0 Å². The normalized spacial score (nSPS) is 24.4. The Hall–Kier alpha value is -1.88. The summed E-state index contributed by atoms with van der Waals surface area (Å²) in [6.45, 7) is 7.39. The highest BCUT2D eigenvalue weighted by atomic mass is 16.1. The molecule has 1 fully saturated rings. The molecule has 0 unspecified atom stereocenters. The molecule has 0 saturated carbocycles. The summed E-state index contributed by atoms with van der Waals surface area (Å²) < 4.78 is 1.63. The van der Waals surface area contributed by atoms with Gasteiger partial charge in [0.15, 0.2) is 5.65 Å². The first-order valence-corrected chi connectivity index (χ1v) is 9.64. The summed E-state index contributed by atoms with van der Waals surface area (Å²) in [5.74, 6) is 1.29. The molecule has 5 heteroatoms.